The maximum atomic E-state index is 5.73. The summed E-state index contributed by atoms with van der Waals surface area (Å²) in [6.07, 6.45) is 8.40. The molecule has 1 aliphatic carbocycles. The van der Waals surface area contributed by atoms with Crippen molar-refractivity contribution in [3.05, 3.63) is 59.5 Å². The summed E-state index contributed by atoms with van der Waals surface area (Å²) in [6.45, 7) is 2.39. The smallest absolute Gasteiger partial charge is 0.191 e. The van der Waals surface area contributed by atoms with Gasteiger partial charge in [-0.1, -0.05) is 24.3 Å². The van der Waals surface area contributed by atoms with Crippen LogP contribution in [-0.4, -0.2) is 37.8 Å². The van der Waals surface area contributed by atoms with Gasteiger partial charge in [0.25, 0.3) is 0 Å². The molecule has 2 aliphatic rings. The first-order chi connectivity index (χ1) is 13.4. The van der Waals surface area contributed by atoms with E-state index >= 15 is 0 Å². The summed E-state index contributed by atoms with van der Waals surface area (Å²) in [7, 11) is 0. The Morgan fingerprint density at radius 2 is 2.00 bits per heavy atom. The Kier molecular flexibility index (Phi) is 8.21. The summed E-state index contributed by atoms with van der Waals surface area (Å²) in [6, 6.07) is 13.1. The van der Waals surface area contributed by atoms with Gasteiger partial charge in [-0.2, -0.15) is 0 Å². The van der Waals surface area contributed by atoms with Crippen LogP contribution < -0.4 is 10.6 Å². The number of guanidine groups is 1. The standard InChI is InChI=1S/C22H29N3O2.HI/c1-2-6-18-15-19(10-9-17(18)5-1)25-22(24-16-21-8-4-14-27-21)23-12-11-20-7-3-13-26-20;/h1-3,5-7,13,19,21H,4,8-12,14-16H2,(H2,23,24,25);1H. The van der Waals surface area contributed by atoms with Crippen molar-refractivity contribution in [2.75, 3.05) is 19.7 Å². The van der Waals surface area contributed by atoms with Crippen LogP contribution in [0.25, 0.3) is 0 Å². The average molecular weight is 495 g/mol. The van der Waals surface area contributed by atoms with Crippen LogP contribution in [0.2, 0.25) is 0 Å². The van der Waals surface area contributed by atoms with Crippen molar-refractivity contribution in [3.63, 3.8) is 0 Å². The van der Waals surface area contributed by atoms with E-state index in [0.717, 1.165) is 69.9 Å². The van der Waals surface area contributed by atoms with E-state index in [4.69, 9.17) is 14.1 Å². The predicted molar refractivity (Wildman–Crippen MR) is 122 cm³/mol. The maximum Gasteiger partial charge on any atom is 0.191 e. The highest BCUT2D eigenvalue weighted by molar-refractivity contribution is 14.0. The molecule has 1 aromatic heterocycles. The van der Waals surface area contributed by atoms with Gasteiger partial charge in [0.1, 0.15) is 5.76 Å². The summed E-state index contributed by atoms with van der Waals surface area (Å²) in [5, 5.41) is 7.13. The van der Waals surface area contributed by atoms with Gasteiger partial charge in [-0.25, -0.2) is 0 Å². The molecule has 0 saturated carbocycles. The summed E-state index contributed by atoms with van der Waals surface area (Å²) in [5.41, 5.74) is 2.94. The lowest BCUT2D eigenvalue weighted by atomic mass is 9.88. The third-order valence-electron chi connectivity index (χ3n) is 5.41. The third kappa shape index (κ3) is 5.98. The second-order valence-electron chi connectivity index (χ2n) is 7.43. The molecule has 0 spiro atoms. The quantitative estimate of drug-likeness (QED) is 0.365. The van der Waals surface area contributed by atoms with E-state index in [1.165, 1.54) is 11.1 Å². The molecular weight excluding hydrogens is 465 g/mol. The minimum atomic E-state index is 0. The van der Waals surface area contributed by atoms with Crippen molar-refractivity contribution < 1.29 is 9.15 Å². The molecule has 2 unspecified atom stereocenters. The Morgan fingerprint density at radius 3 is 2.79 bits per heavy atom. The van der Waals surface area contributed by atoms with Gasteiger partial charge >= 0.3 is 0 Å². The third-order valence-corrected chi connectivity index (χ3v) is 5.41. The number of furan rings is 1. The molecule has 28 heavy (non-hydrogen) atoms. The number of rotatable bonds is 6. The number of hydrogen-bond acceptors (Lipinski definition) is 3. The topological polar surface area (TPSA) is 58.8 Å². The molecule has 5 nitrogen and oxygen atoms in total. The molecule has 1 aromatic carbocycles. The van der Waals surface area contributed by atoms with E-state index in [0.29, 0.717) is 6.04 Å². The summed E-state index contributed by atoms with van der Waals surface area (Å²) in [4.78, 5) is 4.81. The van der Waals surface area contributed by atoms with Crippen LogP contribution in [0, 0.1) is 0 Å². The molecule has 2 N–H and O–H groups in total. The SMILES string of the molecule is I.c1coc(CCNC(=NCC2CCCO2)NC2CCc3ccccc3C2)c1. The van der Waals surface area contributed by atoms with Crippen LogP contribution in [0.4, 0.5) is 0 Å². The van der Waals surface area contributed by atoms with Gasteiger partial charge in [0.05, 0.1) is 18.9 Å². The van der Waals surface area contributed by atoms with Gasteiger partial charge in [-0.05, 0) is 55.4 Å². The molecule has 2 heterocycles. The molecule has 1 saturated heterocycles. The van der Waals surface area contributed by atoms with E-state index < -0.39 is 0 Å². The molecular formula is C22H30IN3O2. The number of aliphatic imine (C=N–C) groups is 1. The molecule has 152 valence electrons. The first kappa shape index (κ1) is 21.2. The van der Waals surface area contributed by atoms with Gasteiger partial charge in [0.2, 0.25) is 0 Å². The van der Waals surface area contributed by atoms with Gasteiger partial charge in [0.15, 0.2) is 5.96 Å². The van der Waals surface area contributed by atoms with Crippen molar-refractivity contribution in [2.24, 2.45) is 4.99 Å². The molecule has 2 aromatic rings. The second-order valence-corrected chi connectivity index (χ2v) is 7.43. The van der Waals surface area contributed by atoms with Gasteiger partial charge in [-0.3, -0.25) is 4.99 Å². The Labute approximate surface area is 184 Å². The number of fused-ring (bicyclic) bond motifs is 1. The maximum absolute atomic E-state index is 5.73. The van der Waals surface area contributed by atoms with Crippen molar-refractivity contribution in [2.45, 2.75) is 50.7 Å². The minimum Gasteiger partial charge on any atom is -0.469 e. The Balaban J connectivity index is 0.00000225. The van der Waals surface area contributed by atoms with E-state index in [2.05, 4.69) is 34.9 Å². The first-order valence-electron chi connectivity index (χ1n) is 10.1. The fraction of sp³-hybridized carbons (Fsp3) is 0.500. The van der Waals surface area contributed by atoms with Crippen molar-refractivity contribution in [1.82, 2.24) is 10.6 Å². The van der Waals surface area contributed by atoms with Crippen molar-refractivity contribution in [3.8, 4) is 0 Å². The highest BCUT2D eigenvalue weighted by atomic mass is 127. The van der Waals surface area contributed by atoms with E-state index in [1.54, 1.807) is 6.26 Å². The van der Waals surface area contributed by atoms with E-state index in [1.807, 2.05) is 12.1 Å². The zero-order valence-corrected chi connectivity index (χ0v) is 18.6. The molecule has 1 aliphatic heterocycles. The molecule has 0 bridgehead atoms. The first-order valence-corrected chi connectivity index (χ1v) is 10.1. The van der Waals surface area contributed by atoms with Crippen LogP contribution in [0.3, 0.4) is 0 Å². The normalized spacial score (nSPS) is 21.6. The van der Waals surface area contributed by atoms with Gasteiger partial charge in [-0.15, -0.1) is 24.0 Å². The Hall–Kier alpha value is -1.54. The summed E-state index contributed by atoms with van der Waals surface area (Å²) < 4.78 is 11.2. The van der Waals surface area contributed by atoms with Crippen LogP contribution in [-0.2, 0) is 24.0 Å². The fourth-order valence-corrected chi connectivity index (χ4v) is 3.91. The van der Waals surface area contributed by atoms with E-state index in [-0.39, 0.29) is 30.1 Å². The second kappa shape index (κ2) is 10.9. The number of nitrogens with zero attached hydrogens (tertiary/aromatic N) is 1. The summed E-state index contributed by atoms with van der Waals surface area (Å²) >= 11 is 0. The highest BCUT2D eigenvalue weighted by Gasteiger charge is 2.20. The lowest BCUT2D eigenvalue weighted by molar-refractivity contribution is 0.117. The number of benzene rings is 1. The van der Waals surface area contributed by atoms with Crippen molar-refractivity contribution in [1.29, 1.82) is 0 Å². The van der Waals surface area contributed by atoms with Gasteiger partial charge in [0, 0.05) is 25.6 Å². The zero-order chi connectivity index (χ0) is 18.3. The number of hydrogen-bond donors (Lipinski definition) is 2. The van der Waals surface area contributed by atoms with Gasteiger partial charge < -0.3 is 19.8 Å². The van der Waals surface area contributed by atoms with Crippen LogP contribution in [0.1, 0.15) is 36.1 Å². The van der Waals surface area contributed by atoms with Crippen LogP contribution in [0.15, 0.2) is 52.1 Å². The lowest BCUT2D eigenvalue weighted by Gasteiger charge is -2.27. The Morgan fingerprint density at radius 1 is 1.11 bits per heavy atom. The van der Waals surface area contributed by atoms with Crippen LogP contribution >= 0.6 is 24.0 Å². The number of aryl methyl sites for hydroxylation is 1. The largest absolute Gasteiger partial charge is 0.469 e. The van der Waals surface area contributed by atoms with Crippen LogP contribution in [0.5, 0.6) is 0 Å². The number of ether oxygens (including phenoxy) is 1. The molecule has 1 fully saturated rings. The number of nitrogens with one attached hydrogen (secondary N) is 2. The molecule has 6 heteroatoms. The van der Waals surface area contributed by atoms with Crippen molar-refractivity contribution >= 4 is 29.9 Å². The lowest BCUT2D eigenvalue weighted by Crippen LogP contribution is -2.46. The fourth-order valence-electron chi connectivity index (χ4n) is 3.91. The molecule has 2 atom stereocenters. The molecule has 0 radical (unpaired) electrons. The summed E-state index contributed by atoms with van der Waals surface area (Å²) in [5.74, 6) is 1.88. The van der Waals surface area contributed by atoms with E-state index in [9.17, 15) is 0 Å². The number of halogens is 1. The zero-order valence-electron chi connectivity index (χ0n) is 16.2. The predicted octanol–water partition coefficient (Wildman–Crippen LogP) is 3.71. The Bertz CT molecular complexity index is 742. The average Bonchev–Trinajstić information content (AvgIpc) is 3.40. The molecule has 4 rings (SSSR count). The minimum absolute atomic E-state index is 0. The molecule has 0 amide bonds. The highest BCUT2D eigenvalue weighted by Crippen LogP contribution is 2.21. The monoisotopic (exact) mass is 495 g/mol.